The lowest BCUT2D eigenvalue weighted by atomic mass is 10.00. The lowest BCUT2D eigenvalue weighted by Gasteiger charge is -2.37. The van der Waals surface area contributed by atoms with Gasteiger partial charge in [-0.3, -0.25) is 9.59 Å². The summed E-state index contributed by atoms with van der Waals surface area (Å²) in [6, 6.07) is 16.4. The average Bonchev–Trinajstić information content (AvgIpc) is 3.59. The van der Waals surface area contributed by atoms with Crippen LogP contribution in [0.5, 0.6) is 11.5 Å². The number of hydrogen-bond acceptors (Lipinski definition) is 5. The molecule has 1 aliphatic heterocycles. The predicted octanol–water partition coefficient (Wildman–Crippen LogP) is 5.47. The Kier molecular flexibility index (Phi) is 7.48. The van der Waals surface area contributed by atoms with Crippen molar-refractivity contribution in [3.8, 4) is 11.5 Å². The molecule has 2 aliphatic rings. The van der Waals surface area contributed by atoms with E-state index >= 15 is 0 Å². The first-order valence-corrected chi connectivity index (χ1v) is 13.5. The zero-order valence-electron chi connectivity index (χ0n) is 20.2. The maximum Gasteiger partial charge on any atom is 0.255 e. The van der Waals surface area contributed by atoms with E-state index in [0.717, 1.165) is 24.8 Å². The van der Waals surface area contributed by atoms with Gasteiger partial charge in [-0.2, -0.15) is 0 Å². The van der Waals surface area contributed by atoms with Crippen molar-refractivity contribution in [3.63, 3.8) is 0 Å². The molecule has 36 heavy (non-hydrogen) atoms. The summed E-state index contributed by atoms with van der Waals surface area (Å²) in [4.78, 5) is 31.9. The number of para-hydroxylation sites is 2. The SMILES string of the molecule is COc1ccccc1OC[C@H]1c2ccsc2CCN1C(=O)CN(CC1CC1)C(=O)c1ccccc1Cl. The predicted molar refractivity (Wildman–Crippen MR) is 141 cm³/mol. The summed E-state index contributed by atoms with van der Waals surface area (Å²) in [6.45, 7) is 1.47. The lowest BCUT2D eigenvalue weighted by Crippen LogP contribution is -2.48. The first kappa shape index (κ1) is 24.7. The van der Waals surface area contributed by atoms with Crippen molar-refractivity contribution in [2.24, 2.45) is 5.92 Å². The quantitative estimate of drug-likeness (QED) is 0.372. The smallest absolute Gasteiger partial charge is 0.255 e. The first-order valence-electron chi connectivity index (χ1n) is 12.2. The molecule has 0 unspecified atom stereocenters. The summed E-state index contributed by atoms with van der Waals surface area (Å²) < 4.78 is 11.6. The van der Waals surface area contributed by atoms with Crippen LogP contribution in [0.2, 0.25) is 5.02 Å². The van der Waals surface area contributed by atoms with Crippen LogP contribution in [-0.2, 0) is 11.2 Å². The van der Waals surface area contributed by atoms with Gasteiger partial charge in [0.15, 0.2) is 11.5 Å². The van der Waals surface area contributed by atoms with Gasteiger partial charge in [0.05, 0.1) is 23.7 Å². The minimum absolute atomic E-state index is 0.0190. The lowest BCUT2D eigenvalue weighted by molar-refractivity contribution is -0.135. The van der Waals surface area contributed by atoms with Gasteiger partial charge in [-0.25, -0.2) is 0 Å². The Morgan fingerprint density at radius 1 is 1.08 bits per heavy atom. The van der Waals surface area contributed by atoms with Crippen molar-refractivity contribution in [3.05, 3.63) is 81.0 Å². The molecule has 1 aromatic heterocycles. The molecule has 6 nitrogen and oxygen atoms in total. The van der Waals surface area contributed by atoms with Crippen LogP contribution in [0, 0.1) is 5.92 Å². The Morgan fingerprint density at radius 2 is 1.83 bits per heavy atom. The number of rotatable bonds is 9. The number of halogens is 1. The average molecular weight is 525 g/mol. The molecule has 3 aromatic rings. The molecular formula is C28H29ClN2O4S. The summed E-state index contributed by atoms with van der Waals surface area (Å²) >= 11 is 8.03. The highest BCUT2D eigenvalue weighted by Gasteiger charge is 2.35. The van der Waals surface area contributed by atoms with Crippen molar-refractivity contribution in [2.45, 2.75) is 25.3 Å². The van der Waals surface area contributed by atoms with E-state index < -0.39 is 0 Å². The maximum atomic E-state index is 13.7. The zero-order valence-corrected chi connectivity index (χ0v) is 21.8. The highest BCUT2D eigenvalue weighted by Crippen LogP contribution is 2.36. The van der Waals surface area contributed by atoms with Crippen LogP contribution >= 0.6 is 22.9 Å². The van der Waals surface area contributed by atoms with E-state index in [0.29, 0.717) is 47.7 Å². The van der Waals surface area contributed by atoms with Crippen LogP contribution in [0.1, 0.15) is 39.7 Å². The fourth-order valence-electron chi connectivity index (χ4n) is 4.67. The highest BCUT2D eigenvalue weighted by atomic mass is 35.5. The molecule has 188 valence electrons. The van der Waals surface area contributed by atoms with Crippen molar-refractivity contribution in [2.75, 3.05) is 33.4 Å². The Bertz CT molecular complexity index is 1240. The summed E-state index contributed by atoms with van der Waals surface area (Å²) in [5.74, 6) is 1.45. The van der Waals surface area contributed by atoms with E-state index in [1.54, 1.807) is 47.6 Å². The Hall–Kier alpha value is -3.03. The Labute approximate surface area is 220 Å². The van der Waals surface area contributed by atoms with Crippen LogP contribution in [0.25, 0.3) is 0 Å². The van der Waals surface area contributed by atoms with Gasteiger partial charge in [0, 0.05) is 18.0 Å². The van der Waals surface area contributed by atoms with Crippen molar-refractivity contribution in [1.29, 1.82) is 0 Å². The summed E-state index contributed by atoms with van der Waals surface area (Å²) in [6.07, 6.45) is 2.96. The Morgan fingerprint density at radius 3 is 2.58 bits per heavy atom. The van der Waals surface area contributed by atoms with Crippen LogP contribution in [0.3, 0.4) is 0 Å². The van der Waals surface area contributed by atoms with Gasteiger partial charge in [0.1, 0.15) is 13.2 Å². The van der Waals surface area contributed by atoms with Gasteiger partial charge < -0.3 is 19.3 Å². The minimum atomic E-state index is -0.240. The number of ether oxygens (including phenoxy) is 2. The highest BCUT2D eigenvalue weighted by molar-refractivity contribution is 7.10. The van der Waals surface area contributed by atoms with Gasteiger partial charge in [-0.1, -0.05) is 35.9 Å². The summed E-state index contributed by atoms with van der Waals surface area (Å²) in [7, 11) is 1.61. The number of fused-ring (bicyclic) bond motifs is 1. The monoisotopic (exact) mass is 524 g/mol. The largest absolute Gasteiger partial charge is 0.493 e. The number of thiophene rings is 1. The molecule has 1 atom stereocenters. The van der Waals surface area contributed by atoms with Gasteiger partial charge in [0.25, 0.3) is 5.91 Å². The van der Waals surface area contributed by atoms with Gasteiger partial charge in [-0.15, -0.1) is 11.3 Å². The van der Waals surface area contributed by atoms with Crippen LogP contribution in [0.15, 0.2) is 60.0 Å². The van der Waals surface area contributed by atoms with E-state index in [2.05, 4.69) is 11.4 Å². The van der Waals surface area contributed by atoms with Gasteiger partial charge >= 0.3 is 0 Å². The van der Waals surface area contributed by atoms with Crippen molar-refractivity contribution >= 4 is 34.8 Å². The van der Waals surface area contributed by atoms with E-state index in [9.17, 15) is 9.59 Å². The number of carbonyl (C=O) groups excluding carboxylic acids is 2. The third-order valence-electron chi connectivity index (χ3n) is 6.77. The third-order valence-corrected chi connectivity index (χ3v) is 8.10. The molecule has 1 aliphatic carbocycles. The molecule has 1 fully saturated rings. The molecule has 2 heterocycles. The molecule has 2 amide bonds. The van der Waals surface area contributed by atoms with Gasteiger partial charge in [0.2, 0.25) is 5.91 Å². The molecule has 2 aromatic carbocycles. The van der Waals surface area contributed by atoms with Crippen LogP contribution in [-0.4, -0.2) is 55.0 Å². The fraction of sp³-hybridized carbons (Fsp3) is 0.357. The minimum Gasteiger partial charge on any atom is -0.493 e. The number of amides is 2. The molecule has 0 bridgehead atoms. The molecule has 0 radical (unpaired) electrons. The van der Waals surface area contributed by atoms with Crippen molar-refractivity contribution in [1.82, 2.24) is 9.80 Å². The van der Waals surface area contributed by atoms with E-state index in [1.165, 1.54) is 4.88 Å². The molecule has 0 spiro atoms. The second-order valence-electron chi connectivity index (χ2n) is 9.22. The molecule has 0 N–H and O–H groups in total. The molecule has 8 heteroatoms. The first-order chi connectivity index (χ1) is 17.5. The van der Waals surface area contributed by atoms with Gasteiger partial charge in [-0.05, 0) is 66.5 Å². The maximum absolute atomic E-state index is 13.7. The van der Waals surface area contributed by atoms with Crippen LogP contribution < -0.4 is 9.47 Å². The topological polar surface area (TPSA) is 59.1 Å². The summed E-state index contributed by atoms with van der Waals surface area (Å²) in [5.41, 5.74) is 1.54. The molecular weight excluding hydrogens is 496 g/mol. The van der Waals surface area contributed by atoms with Crippen molar-refractivity contribution < 1.29 is 19.1 Å². The third kappa shape index (κ3) is 5.37. The van der Waals surface area contributed by atoms with E-state index in [4.69, 9.17) is 21.1 Å². The second-order valence-corrected chi connectivity index (χ2v) is 10.6. The number of methoxy groups -OCH3 is 1. The fourth-order valence-corrected chi connectivity index (χ4v) is 5.82. The normalized spacial score (nSPS) is 16.8. The Balaban J connectivity index is 1.36. The summed E-state index contributed by atoms with van der Waals surface area (Å²) in [5, 5.41) is 2.47. The zero-order chi connectivity index (χ0) is 25.1. The van der Waals surface area contributed by atoms with Crippen LogP contribution in [0.4, 0.5) is 0 Å². The molecule has 0 saturated heterocycles. The second kappa shape index (κ2) is 10.9. The standard InChI is InChI=1S/C28H29ClN2O4S/c1-34-24-8-4-5-9-25(24)35-18-23-21-13-15-36-26(21)12-14-31(23)27(32)17-30(16-19-10-11-19)28(33)20-6-2-3-7-22(20)29/h2-9,13,15,19,23H,10-12,14,16-18H2,1H3/t23-/m0/s1. The van der Waals surface area contributed by atoms with E-state index in [-0.39, 0.29) is 24.4 Å². The molecule has 5 rings (SSSR count). The number of nitrogens with zero attached hydrogens (tertiary/aromatic N) is 2. The number of hydrogen-bond donors (Lipinski definition) is 0. The molecule has 1 saturated carbocycles. The van der Waals surface area contributed by atoms with E-state index in [1.807, 2.05) is 29.2 Å². The number of carbonyl (C=O) groups is 2. The number of benzene rings is 2.